The van der Waals surface area contributed by atoms with E-state index >= 15 is 0 Å². The van der Waals surface area contributed by atoms with Crippen molar-refractivity contribution in [1.29, 1.82) is 0 Å². The van der Waals surface area contributed by atoms with Crippen LogP contribution in [0.3, 0.4) is 0 Å². The van der Waals surface area contributed by atoms with E-state index in [1.807, 2.05) is 0 Å². The standard InChI is InChI=1S/2C3H7O.Sm/c2*1-3(2)4;/h2*3H,1-2H3;/q2*-1;. The molecule has 0 aliphatic carbocycles. The number of rotatable bonds is 0. The zero-order valence-corrected chi connectivity index (χ0v) is 9.00. The predicted molar refractivity (Wildman–Crippen MR) is 30.3 cm³/mol. The minimum Gasteiger partial charge on any atom is -0.852 e. The average Bonchev–Trinajstić information content (AvgIpc) is 1.25. The zero-order chi connectivity index (χ0) is 7.15. The Kier molecular flexibility index (Phi) is 22.2. The van der Waals surface area contributed by atoms with Gasteiger partial charge in [-0.3, -0.25) is 0 Å². The van der Waals surface area contributed by atoms with Crippen molar-refractivity contribution < 1.29 is 50.6 Å². The van der Waals surface area contributed by atoms with E-state index < -0.39 is 12.2 Å². The monoisotopic (exact) mass is 270 g/mol. The Bertz CT molecular complexity index is 26.5. The Hall–Kier alpha value is 1.26. The molecule has 0 amide bonds. The topological polar surface area (TPSA) is 46.1 Å². The minimum atomic E-state index is -0.417. The second kappa shape index (κ2) is 12.0. The van der Waals surface area contributed by atoms with Gasteiger partial charge in [0.25, 0.3) is 0 Å². The van der Waals surface area contributed by atoms with Gasteiger partial charge in [-0.05, 0) is 0 Å². The summed E-state index contributed by atoms with van der Waals surface area (Å²) < 4.78 is 0. The summed E-state index contributed by atoms with van der Waals surface area (Å²) in [5.41, 5.74) is 0. The molecule has 0 aliphatic heterocycles. The second-order valence-electron chi connectivity index (χ2n) is 2.10. The maximum absolute atomic E-state index is 9.53. The first-order valence-electron chi connectivity index (χ1n) is 2.78. The summed E-state index contributed by atoms with van der Waals surface area (Å²) in [6.07, 6.45) is -0.833. The van der Waals surface area contributed by atoms with Crippen LogP contribution in [-0.4, -0.2) is 12.2 Å². The van der Waals surface area contributed by atoms with Gasteiger partial charge in [-0.1, -0.05) is 27.7 Å². The summed E-state index contributed by atoms with van der Waals surface area (Å²) in [6.45, 7) is 6.44. The van der Waals surface area contributed by atoms with E-state index in [1.165, 1.54) is 0 Å². The van der Waals surface area contributed by atoms with Gasteiger partial charge in [-0.15, -0.1) is 12.2 Å². The van der Waals surface area contributed by atoms with Gasteiger partial charge in [0.05, 0.1) is 0 Å². The molecule has 0 aromatic rings. The van der Waals surface area contributed by atoms with Gasteiger partial charge < -0.3 is 10.2 Å². The van der Waals surface area contributed by atoms with Crippen LogP contribution in [0.4, 0.5) is 0 Å². The van der Waals surface area contributed by atoms with Crippen molar-refractivity contribution >= 4 is 0 Å². The summed E-state index contributed by atoms with van der Waals surface area (Å²) in [7, 11) is 0. The van der Waals surface area contributed by atoms with E-state index in [4.69, 9.17) is 0 Å². The van der Waals surface area contributed by atoms with Crippen LogP contribution in [-0.2, 0) is 0 Å². The molecule has 9 heavy (non-hydrogen) atoms. The minimum absolute atomic E-state index is 0. The molecule has 0 rings (SSSR count). The van der Waals surface area contributed by atoms with Crippen molar-refractivity contribution in [3.8, 4) is 0 Å². The molecule has 0 N–H and O–H groups in total. The van der Waals surface area contributed by atoms with Gasteiger partial charge in [0.2, 0.25) is 0 Å². The normalized spacial score (nSPS) is 8.00. The van der Waals surface area contributed by atoms with Crippen LogP contribution in [0.5, 0.6) is 0 Å². The van der Waals surface area contributed by atoms with Crippen molar-refractivity contribution in [2.45, 2.75) is 39.9 Å². The Labute approximate surface area is 89.8 Å². The summed E-state index contributed by atoms with van der Waals surface area (Å²) >= 11 is 0. The SMILES string of the molecule is CC(C)[O-].CC(C)[O-].[Sm]. The summed E-state index contributed by atoms with van der Waals surface area (Å²) in [5.74, 6) is 0. The molecule has 0 spiro atoms. The van der Waals surface area contributed by atoms with Crippen molar-refractivity contribution in [3.05, 3.63) is 0 Å². The Balaban J connectivity index is -0.0000000720. The molecule has 0 fully saturated rings. The van der Waals surface area contributed by atoms with E-state index in [9.17, 15) is 10.2 Å². The molecule has 58 valence electrons. The van der Waals surface area contributed by atoms with Gasteiger partial charge in [-0.25, -0.2) is 0 Å². The second-order valence-corrected chi connectivity index (χ2v) is 2.10. The maximum Gasteiger partial charge on any atom is 0 e. The summed E-state index contributed by atoms with van der Waals surface area (Å²) in [5, 5.41) is 19.1. The van der Waals surface area contributed by atoms with Crippen molar-refractivity contribution in [2.24, 2.45) is 0 Å². The van der Waals surface area contributed by atoms with Crippen molar-refractivity contribution in [2.75, 3.05) is 0 Å². The molecule has 0 heterocycles. The number of hydrogen-bond acceptors (Lipinski definition) is 2. The third kappa shape index (κ3) is 308. The van der Waals surface area contributed by atoms with Gasteiger partial charge in [0.15, 0.2) is 0 Å². The van der Waals surface area contributed by atoms with Crippen LogP contribution in [0.25, 0.3) is 0 Å². The third-order valence-corrected chi connectivity index (χ3v) is 0. The van der Waals surface area contributed by atoms with Crippen molar-refractivity contribution in [3.63, 3.8) is 0 Å². The van der Waals surface area contributed by atoms with Gasteiger partial charge >= 0.3 is 0 Å². The Morgan fingerprint density at radius 2 is 0.778 bits per heavy atom. The van der Waals surface area contributed by atoms with Crippen LogP contribution in [0.15, 0.2) is 0 Å². The smallest absolute Gasteiger partial charge is 0 e. The molecule has 0 aliphatic rings. The van der Waals surface area contributed by atoms with E-state index in [0.29, 0.717) is 0 Å². The fraction of sp³-hybridized carbons (Fsp3) is 1.00. The largest absolute Gasteiger partial charge is 0.852 e. The van der Waals surface area contributed by atoms with Crippen LogP contribution in [0, 0.1) is 40.4 Å². The van der Waals surface area contributed by atoms with Gasteiger partial charge in [-0.2, -0.15) is 0 Å². The quantitative estimate of drug-likeness (QED) is 0.595. The van der Waals surface area contributed by atoms with Crippen molar-refractivity contribution in [1.82, 2.24) is 0 Å². The molecule has 0 aromatic heterocycles. The first-order chi connectivity index (χ1) is 3.46. The predicted octanol–water partition coefficient (Wildman–Crippen LogP) is -0.490. The molecular formula is C6H14O2Sm-2. The molecule has 0 saturated heterocycles. The maximum atomic E-state index is 9.53. The van der Waals surface area contributed by atoms with E-state index in [-0.39, 0.29) is 40.4 Å². The molecule has 0 unspecified atom stereocenters. The number of hydrogen-bond donors (Lipinski definition) is 0. The van der Waals surface area contributed by atoms with E-state index in [1.54, 1.807) is 27.7 Å². The van der Waals surface area contributed by atoms with Crippen LogP contribution in [0.2, 0.25) is 0 Å². The first-order valence-corrected chi connectivity index (χ1v) is 2.78. The fourth-order valence-corrected chi connectivity index (χ4v) is 0. The van der Waals surface area contributed by atoms with Crippen LogP contribution < -0.4 is 10.2 Å². The third-order valence-electron chi connectivity index (χ3n) is 0. The molecule has 0 radical (unpaired) electrons. The molecular weight excluding hydrogens is 254 g/mol. The summed E-state index contributed by atoms with van der Waals surface area (Å²) in [6, 6.07) is 0. The molecule has 2 nitrogen and oxygen atoms in total. The molecule has 0 atom stereocenters. The molecule has 3 heteroatoms. The molecule has 0 bridgehead atoms. The summed E-state index contributed by atoms with van der Waals surface area (Å²) in [4.78, 5) is 0. The van der Waals surface area contributed by atoms with Crippen LogP contribution in [0.1, 0.15) is 27.7 Å². The Morgan fingerprint density at radius 3 is 0.778 bits per heavy atom. The average molecular weight is 269 g/mol. The van der Waals surface area contributed by atoms with E-state index in [0.717, 1.165) is 0 Å². The van der Waals surface area contributed by atoms with Gasteiger partial charge in [0, 0.05) is 40.4 Å². The molecule has 0 saturated carbocycles. The van der Waals surface area contributed by atoms with Gasteiger partial charge in [0.1, 0.15) is 0 Å². The van der Waals surface area contributed by atoms with Crippen LogP contribution >= 0.6 is 0 Å². The first kappa shape index (κ1) is 16.7. The molecule has 0 aromatic carbocycles. The Morgan fingerprint density at radius 1 is 0.778 bits per heavy atom. The fourth-order valence-electron chi connectivity index (χ4n) is 0. The zero-order valence-electron chi connectivity index (χ0n) is 6.38. The van der Waals surface area contributed by atoms with E-state index in [2.05, 4.69) is 0 Å².